The van der Waals surface area contributed by atoms with E-state index < -0.39 is 0 Å². The molecule has 14 heavy (non-hydrogen) atoms. The molecule has 0 N–H and O–H groups in total. The Morgan fingerprint density at radius 3 is 2.29 bits per heavy atom. The van der Waals surface area contributed by atoms with Gasteiger partial charge in [-0.3, -0.25) is 0 Å². The number of unbranched alkanes of at least 4 members (excludes halogenated alkanes) is 1. The van der Waals surface area contributed by atoms with Crippen LogP contribution < -0.4 is 0 Å². The van der Waals surface area contributed by atoms with Gasteiger partial charge >= 0.3 is 0 Å². The van der Waals surface area contributed by atoms with Crippen molar-refractivity contribution in [3.05, 3.63) is 12.8 Å². The highest BCUT2D eigenvalue weighted by molar-refractivity contribution is 5.48. The number of ether oxygens (including phenoxy) is 3. The fraction of sp³-hybridized carbons (Fsp3) is 0.700. The Balaban J connectivity index is 2.84. The van der Waals surface area contributed by atoms with Crippen molar-refractivity contribution < 1.29 is 19.0 Å². The van der Waals surface area contributed by atoms with Crippen LogP contribution >= 0.6 is 0 Å². The van der Waals surface area contributed by atoms with E-state index in [4.69, 9.17) is 14.2 Å². The van der Waals surface area contributed by atoms with Gasteiger partial charge in [0, 0.05) is 13.0 Å². The molecule has 0 aliphatic carbocycles. The second-order valence-electron chi connectivity index (χ2n) is 2.57. The molecule has 0 bridgehead atoms. The van der Waals surface area contributed by atoms with Crippen LogP contribution in [0.5, 0.6) is 0 Å². The van der Waals surface area contributed by atoms with Crippen molar-refractivity contribution in [1.29, 1.82) is 0 Å². The minimum absolute atomic E-state index is 0.522. The molecule has 0 aliphatic rings. The summed E-state index contributed by atoms with van der Waals surface area (Å²) in [4.78, 5) is 9.94. The molecule has 0 radical (unpaired) electrons. The van der Waals surface area contributed by atoms with Gasteiger partial charge in [-0.25, -0.2) is 0 Å². The van der Waals surface area contributed by atoms with E-state index in [1.54, 1.807) is 0 Å². The second-order valence-corrected chi connectivity index (χ2v) is 2.57. The monoisotopic (exact) mass is 202 g/mol. The highest BCUT2D eigenvalue weighted by atomic mass is 16.5. The Labute approximate surface area is 84.8 Å². The second kappa shape index (κ2) is 12.1. The molecule has 0 spiro atoms. The van der Waals surface area contributed by atoms with Gasteiger partial charge in [-0.1, -0.05) is 6.58 Å². The summed E-state index contributed by atoms with van der Waals surface area (Å²) in [6.45, 7) is 6.21. The number of hydrogen-bond donors (Lipinski definition) is 0. The summed E-state index contributed by atoms with van der Waals surface area (Å²) < 4.78 is 15.2. The summed E-state index contributed by atoms with van der Waals surface area (Å²) in [6.07, 6.45) is 3.63. The number of carbonyl (C=O) groups excluding carboxylic acids is 1. The van der Waals surface area contributed by atoms with Crippen LogP contribution in [-0.2, 0) is 19.0 Å². The van der Waals surface area contributed by atoms with Gasteiger partial charge in [0.15, 0.2) is 0 Å². The van der Waals surface area contributed by atoms with Gasteiger partial charge in [0.25, 0.3) is 0 Å². The number of carbonyl (C=O) groups is 1. The average molecular weight is 202 g/mol. The van der Waals surface area contributed by atoms with E-state index in [-0.39, 0.29) is 0 Å². The normalized spacial score (nSPS) is 9.71. The average Bonchev–Trinajstić information content (AvgIpc) is 2.21. The molecule has 0 rings (SSSR count). The van der Waals surface area contributed by atoms with E-state index in [2.05, 4.69) is 6.58 Å². The molecule has 0 atom stereocenters. The van der Waals surface area contributed by atoms with Gasteiger partial charge in [0.2, 0.25) is 0 Å². The van der Waals surface area contributed by atoms with Gasteiger partial charge in [0.05, 0.1) is 26.1 Å². The van der Waals surface area contributed by atoms with Gasteiger partial charge < -0.3 is 19.0 Å². The van der Waals surface area contributed by atoms with E-state index in [0.29, 0.717) is 39.5 Å². The Hall–Kier alpha value is -0.870. The molecule has 0 saturated heterocycles. The number of aldehydes is 1. The van der Waals surface area contributed by atoms with Crippen molar-refractivity contribution in [2.75, 3.05) is 33.0 Å². The predicted molar refractivity (Wildman–Crippen MR) is 53.1 cm³/mol. The van der Waals surface area contributed by atoms with E-state index in [1.165, 1.54) is 6.26 Å². The van der Waals surface area contributed by atoms with Crippen LogP contribution in [0.2, 0.25) is 0 Å². The van der Waals surface area contributed by atoms with Crippen molar-refractivity contribution in [2.24, 2.45) is 0 Å². The third-order valence-electron chi connectivity index (χ3n) is 1.45. The summed E-state index contributed by atoms with van der Waals surface area (Å²) >= 11 is 0. The summed E-state index contributed by atoms with van der Waals surface area (Å²) in [6, 6.07) is 0. The lowest BCUT2D eigenvalue weighted by Crippen LogP contribution is -2.08. The van der Waals surface area contributed by atoms with Crippen molar-refractivity contribution in [3.8, 4) is 0 Å². The fourth-order valence-corrected chi connectivity index (χ4v) is 0.781. The molecule has 0 aromatic heterocycles. The fourth-order valence-electron chi connectivity index (χ4n) is 0.781. The minimum atomic E-state index is 0.522. The zero-order valence-corrected chi connectivity index (χ0v) is 8.44. The number of hydrogen-bond acceptors (Lipinski definition) is 4. The maximum Gasteiger partial charge on any atom is 0.120 e. The highest BCUT2D eigenvalue weighted by Crippen LogP contribution is 1.87. The Kier molecular flexibility index (Phi) is 11.4. The van der Waals surface area contributed by atoms with Crippen LogP contribution in [0.25, 0.3) is 0 Å². The minimum Gasteiger partial charge on any atom is -0.499 e. The van der Waals surface area contributed by atoms with Crippen molar-refractivity contribution >= 4 is 6.29 Å². The quantitative estimate of drug-likeness (QED) is 0.286. The SMILES string of the molecule is C=COCCOCCOCCCC=O. The van der Waals surface area contributed by atoms with E-state index >= 15 is 0 Å². The topological polar surface area (TPSA) is 44.8 Å². The van der Waals surface area contributed by atoms with E-state index in [1.807, 2.05) is 0 Å². The predicted octanol–water partition coefficient (Wildman–Crippen LogP) is 1.16. The van der Waals surface area contributed by atoms with Crippen molar-refractivity contribution in [3.63, 3.8) is 0 Å². The molecule has 4 heteroatoms. The molecule has 0 heterocycles. The summed E-state index contributed by atoms with van der Waals surface area (Å²) in [7, 11) is 0. The summed E-state index contributed by atoms with van der Waals surface area (Å²) in [5.74, 6) is 0. The highest BCUT2D eigenvalue weighted by Gasteiger charge is 1.90. The molecule has 0 aromatic carbocycles. The van der Waals surface area contributed by atoms with Gasteiger partial charge in [-0.05, 0) is 6.42 Å². The molecule has 0 unspecified atom stereocenters. The molecule has 0 aliphatic heterocycles. The summed E-state index contributed by atoms with van der Waals surface area (Å²) in [5, 5.41) is 0. The first kappa shape index (κ1) is 13.1. The molecule has 0 saturated carbocycles. The lowest BCUT2D eigenvalue weighted by molar-refractivity contribution is -0.108. The first-order valence-corrected chi connectivity index (χ1v) is 4.73. The zero-order chi connectivity index (χ0) is 10.5. The third-order valence-corrected chi connectivity index (χ3v) is 1.45. The molecule has 0 amide bonds. The number of rotatable bonds is 11. The molecule has 82 valence electrons. The van der Waals surface area contributed by atoms with Crippen LogP contribution in [-0.4, -0.2) is 39.3 Å². The first-order chi connectivity index (χ1) is 6.91. The molecular weight excluding hydrogens is 184 g/mol. The van der Waals surface area contributed by atoms with E-state index in [9.17, 15) is 4.79 Å². The summed E-state index contributed by atoms with van der Waals surface area (Å²) in [5.41, 5.74) is 0. The zero-order valence-electron chi connectivity index (χ0n) is 8.44. The van der Waals surface area contributed by atoms with E-state index in [0.717, 1.165) is 12.7 Å². The van der Waals surface area contributed by atoms with Crippen molar-refractivity contribution in [1.82, 2.24) is 0 Å². The Morgan fingerprint density at radius 2 is 1.64 bits per heavy atom. The largest absolute Gasteiger partial charge is 0.499 e. The van der Waals surface area contributed by atoms with Crippen LogP contribution in [0.4, 0.5) is 0 Å². The smallest absolute Gasteiger partial charge is 0.120 e. The Bertz CT molecular complexity index is 120. The lowest BCUT2D eigenvalue weighted by Gasteiger charge is -2.04. The molecular formula is C10H18O4. The van der Waals surface area contributed by atoms with Gasteiger partial charge in [0.1, 0.15) is 12.9 Å². The van der Waals surface area contributed by atoms with Crippen LogP contribution in [0.3, 0.4) is 0 Å². The molecule has 0 aromatic rings. The first-order valence-electron chi connectivity index (χ1n) is 4.73. The van der Waals surface area contributed by atoms with Crippen molar-refractivity contribution in [2.45, 2.75) is 12.8 Å². The van der Waals surface area contributed by atoms with Crippen LogP contribution in [0.15, 0.2) is 12.8 Å². The standard InChI is InChI=1S/C10H18O4/c1-2-12-7-8-14-10-9-13-6-4-3-5-11/h2,5H,1,3-4,6-10H2. The van der Waals surface area contributed by atoms with Crippen LogP contribution in [0.1, 0.15) is 12.8 Å². The van der Waals surface area contributed by atoms with Crippen LogP contribution in [0, 0.1) is 0 Å². The Morgan fingerprint density at radius 1 is 1.00 bits per heavy atom. The maximum absolute atomic E-state index is 9.94. The maximum atomic E-state index is 9.94. The van der Waals surface area contributed by atoms with Gasteiger partial charge in [-0.15, -0.1) is 0 Å². The lowest BCUT2D eigenvalue weighted by atomic mass is 10.3. The third kappa shape index (κ3) is 11.1. The molecule has 0 fully saturated rings. The molecule has 4 nitrogen and oxygen atoms in total. The van der Waals surface area contributed by atoms with Gasteiger partial charge in [-0.2, -0.15) is 0 Å².